The number of hydrogen-bond acceptors (Lipinski definition) is 5. The summed E-state index contributed by atoms with van der Waals surface area (Å²) in [5.41, 5.74) is 1.14. The number of rotatable bonds is 8. The molecule has 2 aromatic rings. The van der Waals surface area contributed by atoms with E-state index in [4.69, 9.17) is 0 Å². The highest BCUT2D eigenvalue weighted by atomic mass is 32.2. The summed E-state index contributed by atoms with van der Waals surface area (Å²) in [6.45, 7) is -0.0424. The van der Waals surface area contributed by atoms with Crippen molar-refractivity contribution in [2.24, 2.45) is 0 Å². The third-order valence-electron chi connectivity index (χ3n) is 4.27. The van der Waals surface area contributed by atoms with Gasteiger partial charge in [-0.15, -0.1) is 0 Å². The molecule has 0 radical (unpaired) electrons. The minimum atomic E-state index is -3.76. The standard InChI is InChI=1S/C19H25N3O5S2/c1-20(2)29(26,27)18-12-10-17(11-13-18)22(28(4,24)25)15-19(23)21(3)14-16-8-6-5-7-9-16/h5-13H,14-15H2,1-4H3. The smallest absolute Gasteiger partial charge is 0.243 e. The van der Waals surface area contributed by atoms with Crippen molar-refractivity contribution in [2.75, 3.05) is 38.2 Å². The molecule has 10 heteroatoms. The van der Waals surface area contributed by atoms with E-state index in [0.29, 0.717) is 6.54 Å². The highest BCUT2D eigenvalue weighted by Crippen LogP contribution is 2.22. The monoisotopic (exact) mass is 439 g/mol. The Kier molecular flexibility index (Phi) is 7.04. The first kappa shape index (κ1) is 22.9. The number of benzene rings is 2. The van der Waals surface area contributed by atoms with E-state index < -0.39 is 20.0 Å². The molecule has 1 amide bonds. The molecule has 0 unspecified atom stereocenters. The molecular formula is C19H25N3O5S2. The molecule has 29 heavy (non-hydrogen) atoms. The minimum Gasteiger partial charge on any atom is -0.340 e. The number of sulfonamides is 2. The van der Waals surface area contributed by atoms with Gasteiger partial charge < -0.3 is 4.90 Å². The molecule has 158 valence electrons. The van der Waals surface area contributed by atoms with Crippen LogP contribution in [0.5, 0.6) is 0 Å². The van der Waals surface area contributed by atoms with E-state index in [9.17, 15) is 21.6 Å². The molecule has 0 bridgehead atoms. The van der Waals surface area contributed by atoms with Crippen molar-refractivity contribution in [3.63, 3.8) is 0 Å². The summed E-state index contributed by atoms with van der Waals surface area (Å²) >= 11 is 0. The van der Waals surface area contributed by atoms with Gasteiger partial charge in [0, 0.05) is 27.7 Å². The third-order valence-corrected chi connectivity index (χ3v) is 7.24. The van der Waals surface area contributed by atoms with Crippen molar-refractivity contribution in [1.82, 2.24) is 9.21 Å². The quantitative estimate of drug-likeness (QED) is 0.619. The number of hydrogen-bond donors (Lipinski definition) is 0. The summed E-state index contributed by atoms with van der Waals surface area (Å²) < 4.78 is 50.9. The average Bonchev–Trinajstić information content (AvgIpc) is 2.65. The second-order valence-electron chi connectivity index (χ2n) is 6.79. The molecule has 0 aliphatic heterocycles. The van der Waals surface area contributed by atoms with E-state index in [0.717, 1.165) is 20.4 Å². The van der Waals surface area contributed by atoms with Crippen molar-refractivity contribution in [3.05, 3.63) is 60.2 Å². The third kappa shape index (κ3) is 5.78. The van der Waals surface area contributed by atoms with Gasteiger partial charge in [-0.1, -0.05) is 30.3 Å². The molecule has 0 saturated carbocycles. The van der Waals surface area contributed by atoms with Crippen LogP contribution in [-0.4, -0.2) is 65.9 Å². The van der Waals surface area contributed by atoms with E-state index in [1.165, 1.54) is 43.3 Å². The van der Waals surface area contributed by atoms with Crippen molar-refractivity contribution in [1.29, 1.82) is 0 Å². The van der Waals surface area contributed by atoms with E-state index in [1.54, 1.807) is 7.05 Å². The topological polar surface area (TPSA) is 95.1 Å². The van der Waals surface area contributed by atoms with Crippen LogP contribution in [0.25, 0.3) is 0 Å². The lowest BCUT2D eigenvalue weighted by atomic mass is 10.2. The van der Waals surface area contributed by atoms with Crippen LogP contribution < -0.4 is 4.31 Å². The van der Waals surface area contributed by atoms with Crippen LogP contribution in [-0.2, 0) is 31.4 Å². The Balaban J connectivity index is 2.23. The van der Waals surface area contributed by atoms with Gasteiger partial charge in [-0.2, -0.15) is 0 Å². The van der Waals surface area contributed by atoms with Gasteiger partial charge >= 0.3 is 0 Å². The van der Waals surface area contributed by atoms with E-state index in [1.807, 2.05) is 30.3 Å². The fourth-order valence-electron chi connectivity index (χ4n) is 2.58. The largest absolute Gasteiger partial charge is 0.340 e. The second-order valence-corrected chi connectivity index (χ2v) is 10.8. The predicted octanol–water partition coefficient (Wildman–Crippen LogP) is 1.36. The molecule has 8 nitrogen and oxygen atoms in total. The molecule has 2 rings (SSSR count). The van der Waals surface area contributed by atoms with Crippen LogP contribution >= 0.6 is 0 Å². The Morgan fingerprint density at radius 1 is 0.862 bits per heavy atom. The lowest BCUT2D eigenvalue weighted by Gasteiger charge is -2.25. The van der Waals surface area contributed by atoms with Gasteiger partial charge in [-0.25, -0.2) is 21.1 Å². The zero-order valence-corrected chi connectivity index (χ0v) is 18.4. The van der Waals surface area contributed by atoms with Gasteiger partial charge in [0.2, 0.25) is 26.0 Å². The second kappa shape index (κ2) is 8.93. The van der Waals surface area contributed by atoms with Gasteiger partial charge in [0.05, 0.1) is 16.8 Å². The number of nitrogens with zero attached hydrogens (tertiary/aromatic N) is 3. The number of carbonyl (C=O) groups is 1. The van der Waals surface area contributed by atoms with E-state index >= 15 is 0 Å². The maximum atomic E-state index is 12.6. The summed E-state index contributed by atoms with van der Waals surface area (Å²) in [5, 5.41) is 0. The molecule has 0 aliphatic rings. The summed E-state index contributed by atoms with van der Waals surface area (Å²) in [4.78, 5) is 14.1. The molecule has 0 atom stereocenters. The molecule has 0 saturated heterocycles. The van der Waals surface area contributed by atoms with Crippen molar-refractivity contribution < 1.29 is 21.6 Å². The Labute approximate surface area is 172 Å². The lowest BCUT2D eigenvalue weighted by Crippen LogP contribution is -2.41. The Hall–Kier alpha value is -2.43. The van der Waals surface area contributed by atoms with Gasteiger partial charge in [0.1, 0.15) is 6.54 Å². The summed E-state index contributed by atoms with van der Waals surface area (Å²) in [6.07, 6.45) is 1.00. The molecule has 2 aromatic carbocycles. The molecule has 0 spiro atoms. The van der Waals surface area contributed by atoms with Gasteiger partial charge in [0.25, 0.3) is 0 Å². The summed E-state index contributed by atoms with van der Waals surface area (Å²) in [6, 6.07) is 14.7. The highest BCUT2D eigenvalue weighted by Gasteiger charge is 2.24. The fraction of sp³-hybridized carbons (Fsp3) is 0.316. The first-order valence-corrected chi connectivity index (χ1v) is 12.0. The molecule has 0 aromatic heterocycles. The first-order chi connectivity index (χ1) is 13.4. The fourth-order valence-corrected chi connectivity index (χ4v) is 4.34. The molecule has 0 aliphatic carbocycles. The zero-order valence-electron chi connectivity index (χ0n) is 16.8. The lowest BCUT2D eigenvalue weighted by molar-refractivity contribution is -0.128. The Bertz CT molecular complexity index is 1050. The SMILES string of the molecule is CN(Cc1ccccc1)C(=O)CN(c1ccc(S(=O)(=O)N(C)C)cc1)S(C)(=O)=O. The van der Waals surface area contributed by atoms with Crippen molar-refractivity contribution in [3.8, 4) is 0 Å². The maximum absolute atomic E-state index is 12.6. The van der Waals surface area contributed by atoms with Gasteiger partial charge in [-0.3, -0.25) is 9.10 Å². The van der Waals surface area contributed by atoms with Crippen LogP contribution in [0.4, 0.5) is 5.69 Å². The van der Waals surface area contributed by atoms with E-state index in [-0.39, 0.29) is 23.0 Å². The molecule has 0 heterocycles. The van der Waals surface area contributed by atoms with E-state index in [2.05, 4.69) is 0 Å². The maximum Gasteiger partial charge on any atom is 0.243 e. The Morgan fingerprint density at radius 2 is 1.41 bits per heavy atom. The van der Waals surface area contributed by atoms with Crippen molar-refractivity contribution >= 4 is 31.6 Å². The average molecular weight is 440 g/mol. The van der Waals surface area contributed by atoms with Gasteiger partial charge in [-0.05, 0) is 29.8 Å². The zero-order chi connectivity index (χ0) is 21.8. The summed E-state index contributed by atoms with van der Waals surface area (Å²) in [5.74, 6) is -0.385. The van der Waals surface area contributed by atoms with Crippen LogP contribution in [0.1, 0.15) is 5.56 Å². The Morgan fingerprint density at radius 3 is 1.90 bits per heavy atom. The van der Waals surface area contributed by atoms with Crippen LogP contribution in [0.15, 0.2) is 59.5 Å². The predicted molar refractivity (Wildman–Crippen MR) is 112 cm³/mol. The first-order valence-electron chi connectivity index (χ1n) is 8.71. The summed E-state index contributed by atoms with van der Waals surface area (Å²) in [7, 11) is -2.97. The number of carbonyl (C=O) groups excluding carboxylic acids is 1. The van der Waals surface area contributed by atoms with Crippen LogP contribution in [0.2, 0.25) is 0 Å². The number of anilines is 1. The number of likely N-dealkylation sites (N-methyl/N-ethyl adjacent to an activating group) is 1. The normalized spacial score (nSPS) is 12.0. The van der Waals surface area contributed by atoms with Gasteiger partial charge in [0.15, 0.2) is 0 Å². The number of amides is 1. The van der Waals surface area contributed by atoms with Crippen LogP contribution in [0.3, 0.4) is 0 Å². The highest BCUT2D eigenvalue weighted by molar-refractivity contribution is 7.92. The molecule has 0 N–H and O–H groups in total. The van der Waals surface area contributed by atoms with Crippen LogP contribution in [0, 0.1) is 0 Å². The molecule has 0 fully saturated rings. The van der Waals surface area contributed by atoms with Crippen molar-refractivity contribution in [2.45, 2.75) is 11.4 Å². The molecular weight excluding hydrogens is 414 g/mol. The minimum absolute atomic E-state index is 0.0345.